The Kier molecular flexibility index (Phi) is 5.73. The van der Waals surface area contributed by atoms with Gasteiger partial charge < -0.3 is 10.2 Å². The van der Waals surface area contributed by atoms with Gasteiger partial charge in [-0.2, -0.15) is 5.26 Å². The number of nitrogens with one attached hydrogen (secondary N) is 1. The fraction of sp³-hybridized carbons (Fsp3) is 0.400. The van der Waals surface area contributed by atoms with Crippen molar-refractivity contribution < 1.29 is 9.59 Å². The summed E-state index contributed by atoms with van der Waals surface area (Å²) in [6.07, 6.45) is 0.231. The van der Waals surface area contributed by atoms with Crippen LogP contribution in [0, 0.1) is 11.3 Å². The highest BCUT2D eigenvalue weighted by atomic mass is 16.2. The second-order valence-corrected chi connectivity index (χ2v) is 4.81. The van der Waals surface area contributed by atoms with Crippen molar-refractivity contribution in [3.63, 3.8) is 0 Å². The zero-order valence-electron chi connectivity index (χ0n) is 12.0. The Labute approximate surface area is 119 Å². The molecule has 0 aliphatic rings. The van der Waals surface area contributed by atoms with Gasteiger partial charge in [-0.3, -0.25) is 9.59 Å². The molecule has 1 aromatic carbocycles. The Morgan fingerprint density at radius 1 is 1.40 bits per heavy atom. The lowest BCUT2D eigenvalue weighted by Crippen LogP contribution is -2.36. The third kappa shape index (κ3) is 4.73. The van der Waals surface area contributed by atoms with Crippen LogP contribution in [0.2, 0.25) is 0 Å². The molecule has 0 bridgehead atoms. The van der Waals surface area contributed by atoms with Crippen molar-refractivity contribution >= 4 is 17.5 Å². The Morgan fingerprint density at radius 3 is 2.65 bits per heavy atom. The van der Waals surface area contributed by atoms with Gasteiger partial charge in [0.25, 0.3) is 0 Å². The SMILES string of the molecule is CC(=O)N(CCC(=O)NC(C)C)c1cccc(C#N)c1. The van der Waals surface area contributed by atoms with Gasteiger partial charge in [0.05, 0.1) is 11.6 Å². The molecule has 0 fully saturated rings. The predicted octanol–water partition coefficient (Wildman–Crippen LogP) is 1.83. The van der Waals surface area contributed by atoms with Gasteiger partial charge in [-0.25, -0.2) is 0 Å². The van der Waals surface area contributed by atoms with E-state index in [9.17, 15) is 9.59 Å². The highest BCUT2D eigenvalue weighted by Gasteiger charge is 2.14. The molecule has 106 valence electrons. The van der Waals surface area contributed by atoms with Crippen molar-refractivity contribution in [1.29, 1.82) is 5.26 Å². The van der Waals surface area contributed by atoms with Crippen molar-refractivity contribution in [2.24, 2.45) is 0 Å². The van der Waals surface area contributed by atoms with Gasteiger partial charge in [-0.1, -0.05) is 6.07 Å². The van der Waals surface area contributed by atoms with Gasteiger partial charge in [0.1, 0.15) is 0 Å². The minimum absolute atomic E-state index is 0.0789. The van der Waals surface area contributed by atoms with Gasteiger partial charge in [-0.05, 0) is 32.0 Å². The molecule has 5 heteroatoms. The number of amides is 2. The molecule has 2 amide bonds. The Hall–Kier alpha value is -2.35. The molecule has 0 spiro atoms. The summed E-state index contributed by atoms with van der Waals surface area (Å²) in [7, 11) is 0. The highest BCUT2D eigenvalue weighted by molar-refractivity contribution is 5.92. The Morgan fingerprint density at radius 2 is 2.10 bits per heavy atom. The lowest BCUT2D eigenvalue weighted by molar-refractivity contribution is -0.121. The van der Waals surface area contributed by atoms with Crippen LogP contribution in [0.25, 0.3) is 0 Å². The average molecular weight is 273 g/mol. The molecular weight excluding hydrogens is 254 g/mol. The quantitative estimate of drug-likeness (QED) is 0.889. The Balaban J connectivity index is 2.77. The van der Waals surface area contributed by atoms with E-state index in [1.54, 1.807) is 24.3 Å². The van der Waals surface area contributed by atoms with E-state index in [-0.39, 0.29) is 24.3 Å². The minimum atomic E-state index is -0.155. The fourth-order valence-electron chi connectivity index (χ4n) is 1.82. The minimum Gasteiger partial charge on any atom is -0.354 e. The number of hydrogen-bond donors (Lipinski definition) is 1. The van der Waals surface area contributed by atoms with Gasteiger partial charge in [0, 0.05) is 31.6 Å². The van der Waals surface area contributed by atoms with Crippen LogP contribution in [-0.4, -0.2) is 24.4 Å². The molecule has 1 rings (SSSR count). The summed E-state index contributed by atoms with van der Waals surface area (Å²) in [4.78, 5) is 24.8. The smallest absolute Gasteiger partial charge is 0.223 e. The molecule has 0 saturated heterocycles. The largest absolute Gasteiger partial charge is 0.354 e. The number of anilines is 1. The number of carbonyl (C=O) groups excluding carboxylic acids is 2. The van der Waals surface area contributed by atoms with E-state index in [4.69, 9.17) is 5.26 Å². The van der Waals surface area contributed by atoms with E-state index in [2.05, 4.69) is 5.32 Å². The maximum atomic E-state index is 11.7. The third-order valence-corrected chi connectivity index (χ3v) is 2.68. The van der Waals surface area contributed by atoms with Gasteiger partial charge in [0.15, 0.2) is 0 Å². The number of rotatable bonds is 5. The third-order valence-electron chi connectivity index (χ3n) is 2.68. The molecule has 0 unspecified atom stereocenters. The normalized spacial score (nSPS) is 9.95. The standard InChI is InChI=1S/C15H19N3O2/c1-11(2)17-15(20)7-8-18(12(3)19)14-6-4-5-13(9-14)10-16/h4-6,9,11H,7-8H2,1-3H3,(H,17,20). The first-order valence-corrected chi connectivity index (χ1v) is 6.51. The zero-order valence-corrected chi connectivity index (χ0v) is 12.0. The molecule has 0 atom stereocenters. The van der Waals surface area contributed by atoms with Crippen LogP contribution >= 0.6 is 0 Å². The van der Waals surface area contributed by atoms with E-state index >= 15 is 0 Å². The van der Waals surface area contributed by atoms with E-state index in [1.807, 2.05) is 19.9 Å². The van der Waals surface area contributed by atoms with Crippen LogP contribution in [0.15, 0.2) is 24.3 Å². The van der Waals surface area contributed by atoms with Crippen LogP contribution in [0.3, 0.4) is 0 Å². The Bertz CT molecular complexity index is 532. The molecule has 20 heavy (non-hydrogen) atoms. The number of carbonyl (C=O) groups is 2. The van der Waals surface area contributed by atoms with Crippen LogP contribution in [0.5, 0.6) is 0 Å². The van der Waals surface area contributed by atoms with Gasteiger partial charge in [0.2, 0.25) is 11.8 Å². The summed E-state index contributed by atoms with van der Waals surface area (Å²) in [5.74, 6) is -0.250. The van der Waals surface area contributed by atoms with Crippen LogP contribution in [0.4, 0.5) is 5.69 Å². The summed E-state index contributed by atoms with van der Waals surface area (Å²) in [6, 6.07) is 8.90. The first kappa shape index (κ1) is 15.7. The lowest BCUT2D eigenvalue weighted by Gasteiger charge is -2.21. The molecule has 0 heterocycles. The van der Waals surface area contributed by atoms with Gasteiger partial charge >= 0.3 is 0 Å². The lowest BCUT2D eigenvalue weighted by atomic mass is 10.2. The average Bonchev–Trinajstić information content (AvgIpc) is 2.38. The van der Waals surface area contributed by atoms with Crippen LogP contribution in [0.1, 0.15) is 32.8 Å². The summed E-state index contributed by atoms with van der Waals surface area (Å²) in [6.45, 7) is 5.51. The first-order chi connectivity index (χ1) is 9.43. The van der Waals surface area contributed by atoms with Crippen molar-refractivity contribution in [3.05, 3.63) is 29.8 Å². The number of hydrogen-bond acceptors (Lipinski definition) is 3. The molecule has 0 aliphatic carbocycles. The number of nitrogens with zero attached hydrogens (tertiary/aromatic N) is 2. The zero-order chi connectivity index (χ0) is 15.1. The molecule has 5 nitrogen and oxygen atoms in total. The molecule has 0 radical (unpaired) electrons. The predicted molar refractivity (Wildman–Crippen MR) is 77.1 cm³/mol. The molecule has 0 aliphatic heterocycles. The van der Waals surface area contributed by atoms with Crippen molar-refractivity contribution in [1.82, 2.24) is 5.32 Å². The summed E-state index contributed by atoms with van der Waals surface area (Å²) < 4.78 is 0. The number of nitriles is 1. The number of benzene rings is 1. The first-order valence-electron chi connectivity index (χ1n) is 6.51. The van der Waals surface area contributed by atoms with Crippen molar-refractivity contribution in [2.75, 3.05) is 11.4 Å². The fourth-order valence-corrected chi connectivity index (χ4v) is 1.82. The maximum absolute atomic E-state index is 11.7. The summed E-state index contributed by atoms with van der Waals surface area (Å²) >= 11 is 0. The monoisotopic (exact) mass is 273 g/mol. The highest BCUT2D eigenvalue weighted by Crippen LogP contribution is 2.16. The van der Waals surface area contributed by atoms with E-state index in [1.165, 1.54) is 11.8 Å². The van der Waals surface area contributed by atoms with Crippen LogP contribution in [-0.2, 0) is 9.59 Å². The van der Waals surface area contributed by atoms with Crippen molar-refractivity contribution in [2.45, 2.75) is 33.2 Å². The molecule has 1 N–H and O–H groups in total. The molecular formula is C15H19N3O2. The van der Waals surface area contributed by atoms with Gasteiger partial charge in [-0.15, -0.1) is 0 Å². The summed E-state index contributed by atoms with van der Waals surface area (Å²) in [5, 5.41) is 11.7. The van der Waals surface area contributed by atoms with Crippen LogP contribution < -0.4 is 10.2 Å². The van der Waals surface area contributed by atoms with E-state index in [0.717, 1.165) is 0 Å². The van der Waals surface area contributed by atoms with Crippen molar-refractivity contribution in [3.8, 4) is 6.07 Å². The molecule has 1 aromatic rings. The maximum Gasteiger partial charge on any atom is 0.223 e. The summed E-state index contributed by atoms with van der Waals surface area (Å²) in [5.41, 5.74) is 1.12. The second kappa shape index (κ2) is 7.29. The molecule has 0 aromatic heterocycles. The topological polar surface area (TPSA) is 73.2 Å². The van der Waals surface area contributed by atoms with E-state index in [0.29, 0.717) is 17.8 Å². The molecule has 0 saturated carbocycles. The van der Waals surface area contributed by atoms with E-state index < -0.39 is 0 Å². The second-order valence-electron chi connectivity index (χ2n) is 4.81.